The van der Waals surface area contributed by atoms with Crippen LogP contribution in [0.1, 0.15) is 78.4 Å². The third kappa shape index (κ3) is 18.2. The number of nitrogens with zero attached hydrogens (tertiary/aromatic N) is 2. The van der Waals surface area contributed by atoms with Gasteiger partial charge in [0.15, 0.2) is 11.9 Å². The Morgan fingerprint density at radius 1 is 0.789 bits per heavy atom. The van der Waals surface area contributed by atoms with E-state index < -0.39 is 217 Å². The third-order valence-corrected chi connectivity index (χ3v) is 18.3. The number of imide groups is 1. The van der Waals surface area contributed by atoms with E-state index in [9.17, 15) is 78.0 Å². The molecule has 0 saturated carbocycles. The lowest BCUT2D eigenvalue weighted by Crippen LogP contribution is -2.69. The molecule has 16 N–H and O–H groups in total. The SMILES string of the molecule is CC[C@H](C)[C@@H]1NC(=O)CNC(=O)[C@@H]2Cc3c([nH]c4cc(O)ccc34)[S@](=O)CC(NC(=O)CNC1=O)C(=O)N[C@@H](CC(=O)NCc1ccc(NC(=O)[C@H](C)NC(=O)C(NC(=O)CCN3C(=O)C=CC3=O)C(C)C)cc1)C(=O)N1C[C@H](O)CC1(C=O)N[C@@H]([C@@H](C)[C@@H](O)CO)C(=O)N2. The van der Waals surface area contributed by atoms with Crippen molar-refractivity contribution in [3.63, 3.8) is 0 Å². The van der Waals surface area contributed by atoms with E-state index in [0.717, 1.165) is 22.0 Å². The number of phenols is 1. The number of nitrogens with one attached hydrogen (secondary N) is 12. The van der Waals surface area contributed by atoms with Gasteiger partial charge in [-0.15, -0.1) is 0 Å². The van der Waals surface area contributed by atoms with Crippen LogP contribution in [0.25, 0.3) is 10.9 Å². The maximum atomic E-state index is 15.3. The number of H-pyrrole nitrogens is 1. The van der Waals surface area contributed by atoms with Gasteiger partial charge in [-0.25, -0.2) is 0 Å². The first-order chi connectivity index (χ1) is 45.0. The molecule has 1 fully saturated rings. The minimum atomic E-state index is -2.48. The molecule has 7 rings (SSSR count). The average Bonchev–Trinajstić information content (AvgIpc) is 1.65. The van der Waals surface area contributed by atoms with E-state index in [1.54, 1.807) is 27.7 Å². The van der Waals surface area contributed by atoms with Gasteiger partial charge in [-0.05, 0) is 54.2 Å². The van der Waals surface area contributed by atoms with Gasteiger partial charge in [0.05, 0.1) is 66.4 Å². The van der Waals surface area contributed by atoms with Gasteiger partial charge in [0.25, 0.3) is 11.8 Å². The van der Waals surface area contributed by atoms with Crippen molar-refractivity contribution in [2.75, 3.05) is 43.9 Å². The molecule has 1 saturated heterocycles. The number of benzene rings is 2. The Hall–Kier alpha value is -9.51. The molecule has 5 heterocycles. The van der Waals surface area contributed by atoms with Crippen molar-refractivity contribution in [3.8, 4) is 5.75 Å². The number of aliphatic hydroxyl groups excluding tert-OH is 3. The number of aliphatic hydroxyl groups is 3. The van der Waals surface area contributed by atoms with Gasteiger partial charge in [0, 0.05) is 74.1 Å². The zero-order chi connectivity index (χ0) is 69.7. The molecule has 1 aromatic heterocycles. The molecule has 34 heteroatoms. The van der Waals surface area contributed by atoms with Crippen molar-refractivity contribution in [2.45, 2.75) is 145 Å². The molecule has 33 nitrogen and oxygen atoms in total. The van der Waals surface area contributed by atoms with Crippen LogP contribution in [0.3, 0.4) is 0 Å². The van der Waals surface area contributed by atoms with Crippen LogP contribution < -0.4 is 58.5 Å². The Kier molecular flexibility index (Phi) is 24.6. The first-order valence-electron chi connectivity index (χ1n) is 30.8. The molecule has 13 atom stereocenters. The number of aromatic hydroxyl groups is 1. The van der Waals surface area contributed by atoms with Crippen LogP contribution in [0.4, 0.5) is 5.69 Å². The van der Waals surface area contributed by atoms with Crippen molar-refractivity contribution in [3.05, 3.63) is 65.7 Å². The molecule has 0 aliphatic carbocycles. The molecule has 3 unspecified atom stereocenters. The van der Waals surface area contributed by atoms with Crippen molar-refractivity contribution in [1.82, 2.24) is 68.0 Å². The van der Waals surface area contributed by atoms with E-state index in [4.69, 9.17) is 0 Å². The van der Waals surface area contributed by atoms with Crippen LogP contribution in [0.5, 0.6) is 5.75 Å². The highest BCUT2D eigenvalue weighted by molar-refractivity contribution is 7.85. The van der Waals surface area contributed by atoms with Gasteiger partial charge < -0.3 is 83.5 Å². The Balaban J connectivity index is 1.18. The smallest absolute Gasteiger partial charge is 0.253 e. The molecular formula is C61H80N14O19S. The van der Waals surface area contributed by atoms with Crippen molar-refractivity contribution >= 4 is 110 Å². The lowest BCUT2D eigenvalue weighted by Gasteiger charge is -2.41. The molecule has 0 spiro atoms. The maximum absolute atomic E-state index is 15.3. The summed E-state index contributed by atoms with van der Waals surface area (Å²) in [5.74, 6) is -15.2. The van der Waals surface area contributed by atoms with E-state index in [2.05, 4.69) is 63.5 Å². The normalized spacial score (nSPS) is 24.9. The van der Waals surface area contributed by atoms with E-state index in [1.807, 2.05) is 0 Å². The van der Waals surface area contributed by atoms with Crippen molar-refractivity contribution in [1.29, 1.82) is 0 Å². The number of aldehydes is 1. The molecule has 4 aliphatic rings. The van der Waals surface area contributed by atoms with Gasteiger partial charge in [0.1, 0.15) is 47.0 Å². The van der Waals surface area contributed by atoms with E-state index in [1.165, 1.54) is 56.3 Å². The quantitative estimate of drug-likeness (QED) is 0.0394. The fourth-order valence-electron chi connectivity index (χ4n) is 11.1. The van der Waals surface area contributed by atoms with E-state index in [-0.39, 0.29) is 58.7 Å². The van der Waals surface area contributed by atoms with Gasteiger partial charge >= 0.3 is 0 Å². The lowest BCUT2D eigenvalue weighted by atomic mass is 9.92. The number of fused-ring (bicyclic) bond motifs is 5. The Labute approximate surface area is 546 Å². The number of aromatic nitrogens is 1. The summed E-state index contributed by atoms with van der Waals surface area (Å²) in [7, 11) is -2.48. The van der Waals surface area contributed by atoms with Crippen molar-refractivity contribution in [2.24, 2.45) is 17.8 Å². The first kappa shape index (κ1) is 72.9. The summed E-state index contributed by atoms with van der Waals surface area (Å²) in [6.45, 7) is 5.55. The Morgan fingerprint density at radius 3 is 2.09 bits per heavy atom. The highest BCUT2D eigenvalue weighted by Gasteiger charge is 2.53. The first-order valence-corrected chi connectivity index (χ1v) is 32.1. The third-order valence-electron chi connectivity index (χ3n) is 16.8. The Morgan fingerprint density at radius 2 is 1.45 bits per heavy atom. The number of carbonyl (C=O) groups excluding carboxylic acids is 14. The Bertz CT molecular complexity index is 3530. The molecule has 4 aliphatic heterocycles. The number of phenolic OH excluding ortho intramolecular Hbond substituents is 1. The largest absolute Gasteiger partial charge is 0.508 e. The van der Waals surface area contributed by atoms with Crippen LogP contribution in [-0.2, 0) is 90.9 Å². The number of amides is 13. The molecule has 95 heavy (non-hydrogen) atoms. The molecule has 13 amide bonds. The summed E-state index contributed by atoms with van der Waals surface area (Å²) in [6, 6.07) is -1.37. The van der Waals surface area contributed by atoms with Gasteiger partial charge in [-0.3, -0.25) is 81.5 Å². The van der Waals surface area contributed by atoms with E-state index >= 15 is 13.8 Å². The summed E-state index contributed by atoms with van der Waals surface area (Å²) in [6.07, 6.45) is -3.16. The number of hydrogen-bond acceptors (Lipinski definition) is 20. The van der Waals surface area contributed by atoms with Gasteiger partial charge in [-0.2, -0.15) is 0 Å². The fraction of sp³-hybridized carbons (Fsp3) is 0.508. The van der Waals surface area contributed by atoms with Crippen LogP contribution in [0.15, 0.2) is 59.6 Å². The summed E-state index contributed by atoms with van der Waals surface area (Å²) in [5, 5.41) is 71.3. The number of hydrogen-bond donors (Lipinski definition) is 16. The molecular weight excluding hydrogens is 1260 g/mol. The predicted molar refractivity (Wildman–Crippen MR) is 335 cm³/mol. The highest BCUT2D eigenvalue weighted by Crippen LogP contribution is 2.32. The predicted octanol–water partition coefficient (Wildman–Crippen LogP) is -5.19. The summed E-state index contributed by atoms with van der Waals surface area (Å²) in [4.78, 5) is 197. The standard InChI is InChI=1S/C61H80N14O19S/c1-7-30(4)51-56(90)64-23-46(83)67-42-27-95(94)59-38(37-13-12-35(78)18-39(37)70-59)19-40(54(88)63-24-47(84)72-51)68-58(92)52(31(5)43(80)26-76)73-61(28-77)21-36(79)25-75(61)60(93)41(69-55(42)89)20-45(82)62-22-33-8-10-34(11-9-33)66-53(87)32(6)65-57(91)50(29(2)3)71-44(81)16-17-74-48(85)14-15-49(74)86/h8-15,18,28-32,36,40-43,50-52,70,73,76,78-80H,7,16-17,19-27H2,1-6H3,(H,62,82)(H,63,88)(H,64,90)(H,65,91)(H,66,87)(H,67,83)(H,68,92)(H,69,89)(H,71,81)(H,72,84)/t30-,31-,32-,36+,40-,41-,42?,43-,50?,51-,52-,61?,95+/m0/s1. The van der Waals surface area contributed by atoms with Gasteiger partial charge in [0.2, 0.25) is 65.0 Å². The summed E-state index contributed by atoms with van der Waals surface area (Å²) in [5.41, 5.74) is -1.63. The van der Waals surface area contributed by atoms with Gasteiger partial charge in [-0.1, -0.05) is 53.2 Å². The monoisotopic (exact) mass is 1340 g/mol. The lowest BCUT2D eigenvalue weighted by molar-refractivity contribution is -0.147. The maximum Gasteiger partial charge on any atom is 0.253 e. The second-order valence-electron chi connectivity index (χ2n) is 24.2. The topological polar surface area (TPSA) is 492 Å². The number of rotatable bonds is 19. The van der Waals surface area contributed by atoms with Crippen molar-refractivity contribution < 1.29 is 91.8 Å². The number of carbonyl (C=O) groups is 14. The molecule has 2 bridgehead atoms. The molecule has 3 aromatic rings. The molecule has 0 radical (unpaired) electrons. The van der Waals surface area contributed by atoms with Crippen LogP contribution >= 0.6 is 0 Å². The second kappa shape index (κ2) is 32.1. The zero-order valence-electron chi connectivity index (χ0n) is 52.9. The summed E-state index contributed by atoms with van der Waals surface area (Å²) < 4.78 is 15.0. The molecule has 2 aromatic carbocycles. The fourth-order valence-corrected chi connectivity index (χ4v) is 12.5. The minimum absolute atomic E-state index is 0.0387. The molecule has 514 valence electrons. The second-order valence-corrected chi connectivity index (χ2v) is 25.6. The summed E-state index contributed by atoms with van der Waals surface area (Å²) >= 11 is 0. The van der Waals surface area contributed by atoms with Crippen LogP contribution in [-0.4, -0.2) is 221 Å². The van der Waals surface area contributed by atoms with Crippen LogP contribution in [0, 0.1) is 17.8 Å². The average molecular weight is 1350 g/mol. The number of anilines is 1. The van der Waals surface area contributed by atoms with E-state index in [0.29, 0.717) is 12.0 Å². The minimum Gasteiger partial charge on any atom is -0.508 e. The zero-order valence-corrected chi connectivity index (χ0v) is 53.7. The van der Waals surface area contributed by atoms with Crippen LogP contribution in [0.2, 0.25) is 0 Å². The highest BCUT2D eigenvalue weighted by atomic mass is 32.2. The number of aromatic amines is 1.